The molecule has 0 atom stereocenters. The van der Waals surface area contributed by atoms with E-state index in [4.69, 9.17) is 11.6 Å². The van der Waals surface area contributed by atoms with E-state index in [1.165, 1.54) is 59.9 Å². The highest BCUT2D eigenvalue weighted by Gasteiger charge is 2.11. The summed E-state index contributed by atoms with van der Waals surface area (Å²) in [6.07, 6.45) is 7.17. The van der Waals surface area contributed by atoms with Gasteiger partial charge in [0.2, 0.25) is 0 Å². The Labute approximate surface area is 247 Å². The first-order chi connectivity index (χ1) is 17.9. The molecule has 0 aliphatic heterocycles. The van der Waals surface area contributed by atoms with Crippen molar-refractivity contribution in [3.05, 3.63) is 106 Å². The Balaban J connectivity index is 0.000000292. The SMILES string of the molecule is CC(C)(C)CCc1ccccc1Cl.Cc1ccc(CCC(C)(C)C)cc1.Cc1cccc(CCC(C)(C)C)c1. The van der Waals surface area contributed by atoms with E-state index in [1.54, 1.807) is 0 Å². The van der Waals surface area contributed by atoms with Crippen LogP contribution in [-0.4, -0.2) is 0 Å². The molecule has 39 heavy (non-hydrogen) atoms. The number of halogens is 1. The van der Waals surface area contributed by atoms with Crippen LogP contribution < -0.4 is 0 Å². The zero-order chi connectivity index (χ0) is 29.7. The van der Waals surface area contributed by atoms with Crippen LogP contribution in [0.5, 0.6) is 0 Å². The lowest BCUT2D eigenvalue weighted by Gasteiger charge is -2.18. The first-order valence-corrected chi connectivity index (χ1v) is 15.2. The minimum atomic E-state index is 0.388. The van der Waals surface area contributed by atoms with Crippen molar-refractivity contribution in [2.75, 3.05) is 0 Å². The molecule has 0 saturated heterocycles. The van der Waals surface area contributed by atoms with Crippen molar-refractivity contribution in [1.82, 2.24) is 0 Å². The van der Waals surface area contributed by atoms with Crippen LogP contribution in [0.1, 0.15) is 109 Å². The van der Waals surface area contributed by atoms with Gasteiger partial charge in [-0.2, -0.15) is 0 Å². The van der Waals surface area contributed by atoms with Gasteiger partial charge in [-0.05, 0) is 91.4 Å². The van der Waals surface area contributed by atoms with E-state index in [0.29, 0.717) is 16.2 Å². The second kappa shape index (κ2) is 16.3. The van der Waals surface area contributed by atoms with Gasteiger partial charge in [-0.1, -0.05) is 152 Å². The second-order valence-corrected chi connectivity index (χ2v) is 15.2. The Morgan fingerprint density at radius 2 is 0.974 bits per heavy atom. The molecular weight excluding hydrogens is 492 g/mol. The molecule has 3 aromatic carbocycles. The van der Waals surface area contributed by atoms with E-state index < -0.39 is 0 Å². The lowest BCUT2D eigenvalue weighted by atomic mass is 9.88. The van der Waals surface area contributed by atoms with Gasteiger partial charge in [-0.3, -0.25) is 0 Å². The molecular formula is C38H57Cl. The number of aryl methyl sites for hydroxylation is 5. The summed E-state index contributed by atoms with van der Waals surface area (Å²) in [5.41, 5.74) is 8.19. The number of rotatable bonds is 6. The van der Waals surface area contributed by atoms with Gasteiger partial charge in [0.25, 0.3) is 0 Å². The summed E-state index contributed by atoms with van der Waals surface area (Å²) < 4.78 is 0. The van der Waals surface area contributed by atoms with Gasteiger partial charge in [0, 0.05) is 5.02 Å². The zero-order valence-corrected chi connectivity index (χ0v) is 27.8. The first-order valence-electron chi connectivity index (χ1n) is 14.8. The second-order valence-electron chi connectivity index (χ2n) is 14.7. The molecule has 3 rings (SSSR count). The molecule has 1 heteroatoms. The lowest BCUT2D eigenvalue weighted by Crippen LogP contribution is -2.06. The van der Waals surface area contributed by atoms with Gasteiger partial charge in [0.05, 0.1) is 0 Å². The maximum absolute atomic E-state index is 6.05. The van der Waals surface area contributed by atoms with Crippen LogP contribution in [0.4, 0.5) is 0 Å². The molecule has 0 nitrogen and oxygen atoms in total. The third-order valence-corrected chi connectivity index (χ3v) is 7.00. The quantitative estimate of drug-likeness (QED) is 0.287. The summed E-state index contributed by atoms with van der Waals surface area (Å²) in [5.74, 6) is 0. The number of hydrogen-bond donors (Lipinski definition) is 0. The average molecular weight is 549 g/mol. The maximum Gasteiger partial charge on any atom is 0.0437 e. The molecule has 216 valence electrons. The minimum Gasteiger partial charge on any atom is -0.0840 e. The third kappa shape index (κ3) is 18.8. The fraction of sp³-hybridized carbons (Fsp3) is 0.526. The minimum absolute atomic E-state index is 0.388. The van der Waals surface area contributed by atoms with Crippen LogP contribution in [0.25, 0.3) is 0 Å². The molecule has 3 aromatic rings. The highest BCUT2D eigenvalue weighted by molar-refractivity contribution is 6.31. The van der Waals surface area contributed by atoms with Crippen LogP contribution >= 0.6 is 11.6 Å². The Bertz CT molecular complexity index is 1070. The molecule has 0 aliphatic carbocycles. The zero-order valence-electron chi connectivity index (χ0n) is 27.0. The van der Waals surface area contributed by atoms with Crippen LogP contribution in [0.3, 0.4) is 0 Å². The smallest absolute Gasteiger partial charge is 0.0437 e. The van der Waals surface area contributed by atoms with Crippen LogP contribution in [-0.2, 0) is 19.3 Å². The van der Waals surface area contributed by atoms with Gasteiger partial charge >= 0.3 is 0 Å². The van der Waals surface area contributed by atoms with Gasteiger partial charge in [0.15, 0.2) is 0 Å². The predicted octanol–water partition coefficient (Wildman–Crippen LogP) is 12.3. The summed E-state index contributed by atoms with van der Waals surface area (Å²) in [6, 6.07) is 25.7. The van der Waals surface area contributed by atoms with E-state index in [2.05, 4.69) is 131 Å². The third-order valence-electron chi connectivity index (χ3n) is 6.63. The van der Waals surface area contributed by atoms with Crippen molar-refractivity contribution in [2.45, 2.75) is 115 Å². The van der Waals surface area contributed by atoms with Crippen molar-refractivity contribution < 1.29 is 0 Å². The highest BCUT2D eigenvalue weighted by Crippen LogP contribution is 2.25. The number of hydrogen-bond acceptors (Lipinski definition) is 0. The molecule has 0 bridgehead atoms. The summed E-state index contributed by atoms with van der Waals surface area (Å²) in [5, 5.41) is 0.895. The fourth-order valence-electron chi connectivity index (χ4n) is 3.87. The van der Waals surface area contributed by atoms with E-state index in [9.17, 15) is 0 Å². The average Bonchev–Trinajstić information content (AvgIpc) is 2.81. The molecule has 0 fully saturated rings. The van der Waals surface area contributed by atoms with Crippen molar-refractivity contribution in [3.8, 4) is 0 Å². The largest absolute Gasteiger partial charge is 0.0840 e. The molecule has 0 heterocycles. The van der Waals surface area contributed by atoms with Crippen molar-refractivity contribution in [3.63, 3.8) is 0 Å². The predicted molar refractivity (Wildman–Crippen MR) is 177 cm³/mol. The summed E-state index contributed by atoms with van der Waals surface area (Å²) in [4.78, 5) is 0. The molecule has 0 saturated carbocycles. The van der Waals surface area contributed by atoms with Gasteiger partial charge in [0.1, 0.15) is 0 Å². The van der Waals surface area contributed by atoms with E-state index in [1.807, 2.05) is 18.2 Å². The molecule has 0 unspecified atom stereocenters. The standard InChI is InChI=1S/2C13H20.C12H17Cl/c1-11-5-7-12(8-6-11)9-10-13(2,3)4;1-11-6-5-7-12(10-11)8-9-13(2,3)4;1-12(2,3)9-8-10-6-4-5-7-11(10)13/h5-8H,9-10H2,1-4H3;5-7,10H,8-9H2,1-4H3;4-7H,8-9H2,1-3H3. The molecule has 0 aliphatic rings. The topological polar surface area (TPSA) is 0 Å². The van der Waals surface area contributed by atoms with E-state index in [0.717, 1.165) is 11.4 Å². The molecule has 0 N–H and O–H groups in total. The Morgan fingerprint density at radius 3 is 1.46 bits per heavy atom. The maximum atomic E-state index is 6.05. The van der Waals surface area contributed by atoms with E-state index >= 15 is 0 Å². The Hall–Kier alpha value is -2.05. The van der Waals surface area contributed by atoms with Crippen molar-refractivity contribution in [1.29, 1.82) is 0 Å². The van der Waals surface area contributed by atoms with Gasteiger partial charge in [-0.15, -0.1) is 0 Å². The molecule has 0 aromatic heterocycles. The normalized spacial score (nSPS) is 11.7. The summed E-state index contributed by atoms with van der Waals surface area (Å²) in [6.45, 7) is 24.8. The van der Waals surface area contributed by atoms with E-state index in [-0.39, 0.29) is 0 Å². The van der Waals surface area contributed by atoms with Crippen molar-refractivity contribution in [2.24, 2.45) is 16.2 Å². The monoisotopic (exact) mass is 548 g/mol. The summed E-state index contributed by atoms with van der Waals surface area (Å²) >= 11 is 6.05. The fourth-order valence-corrected chi connectivity index (χ4v) is 4.10. The molecule has 0 spiro atoms. The van der Waals surface area contributed by atoms with Gasteiger partial charge in [-0.25, -0.2) is 0 Å². The van der Waals surface area contributed by atoms with Crippen LogP contribution in [0, 0.1) is 30.1 Å². The lowest BCUT2D eigenvalue weighted by molar-refractivity contribution is 0.378. The van der Waals surface area contributed by atoms with Gasteiger partial charge < -0.3 is 0 Å². The van der Waals surface area contributed by atoms with Crippen LogP contribution in [0.15, 0.2) is 72.8 Å². The van der Waals surface area contributed by atoms with Crippen molar-refractivity contribution >= 4 is 11.6 Å². The Morgan fingerprint density at radius 1 is 0.487 bits per heavy atom. The number of benzene rings is 3. The Kier molecular flexibility index (Phi) is 14.6. The first kappa shape index (κ1) is 35.0. The molecule has 0 amide bonds. The highest BCUT2D eigenvalue weighted by atomic mass is 35.5. The summed E-state index contributed by atoms with van der Waals surface area (Å²) in [7, 11) is 0. The molecule has 0 radical (unpaired) electrons. The van der Waals surface area contributed by atoms with Crippen LogP contribution in [0.2, 0.25) is 5.02 Å².